The Kier molecular flexibility index (Phi) is 3.91. The number of carboxylic acids is 1. The lowest BCUT2D eigenvalue weighted by atomic mass is 9.98. The minimum absolute atomic E-state index is 0.239. The molecule has 0 bridgehead atoms. The van der Waals surface area contributed by atoms with Crippen molar-refractivity contribution in [1.29, 1.82) is 0 Å². The Labute approximate surface area is 140 Å². The summed E-state index contributed by atoms with van der Waals surface area (Å²) in [6, 6.07) is 9.12. The quantitative estimate of drug-likeness (QED) is 0.940. The molecule has 1 atom stereocenters. The van der Waals surface area contributed by atoms with Gasteiger partial charge in [0.2, 0.25) is 0 Å². The number of rotatable bonds is 3. The van der Waals surface area contributed by atoms with Gasteiger partial charge < -0.3 is 10.0 Å². The summed E-state index contributed by atoms with van der Waals surface area (Å²) in [5, 5.41) is 13.9. The highest BCUT2D eigenvalue weighted by molar-refractivity contribution is 5.98. The second kappa shape index (κ2) is 5.78. The van der Waals surface area contributed by atoms with E-state index in [1.807, 2.05) is 36.7 Å². The van der Waals surface area contributed by atoms with Crippen molar-refractivity contribution >= 4 is 11.9 Å². The summed E-state index contributed by atoms with van der Waals surface area (Å²) in [6.45, 7) is 5.99. The fourth-order valence-corrected chi connectivity index (χ4v) is 3.30. The first-order chi connectivity index (χ1) is 11.3. The summed E-state index contributed by atoms with van der Waals surface area (Å²) in [6.07, 6.45) is 1.19. The largest absolute Gasteiger partial charge is 0.480 e. The summed E-state index contributed by atoms with van der Waals surface area (Å²) < 4.78 is 1.82. The van der Waals surface area contributed by atoms with Crippen molar-refractivity contribution in [2.75, 3.05) is 6.54 Å². The molecule has 1 fully saturated rings. The Bertz CT molecular complexity index is 794. The number of aromatic nitrogens is 2. The SMILES string of the molecule is Cc1cc(C)n(-c2ccc(C(=O)N3CCCC3(C)C(=O)O)cc2)n1. The molecule has 1 aliphatic heterocycles. The molecule has 3 rings (SSSR count). The third-order valence-corrected chi connectivity index (χ3v) is 4.72. The number of hydrogen-bond acceptors (Lipinski definition) is 3. The summed E-state index contributed by atoms with van der Waals surface area (Å²) in [5.74, 6) is -1.19. The molecule has 2 heterocycles. The van der Waals surface area contributed by atoms with E-state index in [-0.39, 0.29) is 5.91 Å². The maximum Gasteiger partial charge on any atom is 0.329 e. The molecule has 1 N–H and O–H groups in total. The van der Waals surface area contributed by atoms with Crippen molar-refractivity contribution in [1.82, 2.24) is 14.7 Å². The lowest BCUT2D eigenvalue weighted by Crippen LogP contribution is -2.50. The minimum Gasteiger partial charge on any atom is -0.480 e. The number of aryl methyl sites for hydroxylation is 2. The van der Waals surface area contributed by atoms with E-state index in [4.69, 9.17) is 0 Å². The van der Waals surface area contributed by atoms with Crippen molar-refractivity contribution in [2.24, 2.45) is 0 Å². The first-order valence-electron chi connectivity index (χ1n) is 8.02. The number of likely N-dealkylation sites (tertiary alicyclic amines) is 1. The van der Waals surface area contributed by atoms with Crippen LogP contribution in [0.5, 0.6) is 0 Å². The van der Waals surface area contributed by atoms with Gasteiger partial charge in [0.25, 0.3) is 5.91 Å². The predicted molar refractivity (Wildman–Crippen MR) is 89.3 cm³/mol. The molecule has 1 unspecified atom stereocenters. The molecule has 0 spiro atoms. The summed E-state index contributed by atoms with van der Waals surface area (Å²) in [5.41, 5.74) is 2.20. The van der Waals surface area contributed by atoms with Gasteiger partial charge in [0.05, 0.1) is 11.4 Å². The van der Waals surface area contributed by atoms with Crippen LogP contribution < -0.4 is 0 Å². The van der Waals surface area contributed by atoms with Gasteiger partial charge in [0, 0.05) is 17.8 Å². The number of amides is 1. The number of hydrogen-bond donors (Lipinski definition) is 1. The van der Waals surface area contributed by atoms with E-state index in [0.29, 0.717) is 24.9 Å². The van der Waals surface area contributed by atoms with E-state index < -0.39 is 11.5 Å². The third kappa shape index (κ3) is 2.58. The van der Waals surface area contributed by atoms with Crippen LogP contribution in [-0.4, -0.2) is 43.7 Å². The number of carbonyl (C=O) groups excluding carboxylic acids is 1. The van der Waals surface area contributed by atoms with Gasteiger partial charge in [-0.2, -0.15) is 5.10 Å². The molecular weight excluding hydrogens is 306 g/mol. The van der Waals surface area contributed by atoms with Gasteiger partial charge in [0.15, 0.2) is 0 Å². The molecule has 1 aromatic heterocycles. The zero-order valence-electron chi connectivity index (χ0n) is 14.1. The first kappa shape index (κ1) is 16.2. The Morgan fingerprint density at radius 2 is 1.88 bits per heavy atom. The summed E-state index contributed by atoms with van der Waals surface area (Å²) in [4.78, 5) is 25.7. The zero-order valence-corrected chi connectivity index (χ0v) is 14.1. The molecular formula is C18H21N3O3. The monoisotopic (exact) mass is 327 g/mol. The van der Waals surface area contributed by atoms with Crippen LogP contribution in [-0.2, 0) is 4.79 Å². The Balaban J connectivity index is 1.87. The lowest BCUT2D eigenvalue weighted by molar-refractivity contribution is -0.147. The normalized spacial score (nSPS) is 20.4. The second-order valence-electron chi connectivity index (χ2n) is 6.53. The predicted octanol–water partition coefficient (Wildman–Crippen LogP) is 2.57. The molecule has 0 radical (unpaired) electrons. The van der Waals surface area contributed by atoms with Crippen molar-refractivity contribution in [3.63, 3.8) is 0 Å². The van der Waals surface area contributed by atoms with Gasteiger partial charge in [-0.25, -0.2) is 9.48 Å². The van der Waals surface area contributed by atoms with E-state index in [0.717, 1.165) is 17.1 Å². The number of nitrogens with zero attached hydrogens (tertiary/aromatic N) is 3. The van der Waals surface area contributed by atoms with Crippen LogP contribution in [0.15, 0.2) is 30.3 Å². The molecule has 1 aromatic carbocycles. The Hall–Kier alpha value is -2.63. The van der Waals surface area contributed by atoms with Crippen molar-refractivity contribution < 1.29 is 14.7 Å². The molecule has 24 heavy (non-hydrogen) atoms. The van der Waals surface area contributed by atoms with Crippen LogP contribution in [0.1, 0.15) is 41.5 Å². The molecule has 1 saturated heterocycles. The van der Waals surface area contributed by atoms with Crippen LogP contribution in [0.2, 0.25) is 0 Å². The second-order valence-corrected chi connectivity index (χ2v) is 6.53. The molecule has 126 valence electrons. The van der Waals surface area contributed by atoms with E-state index >= 15 is 0 Å². The molecule has 6 nitrogen and oxygen atoms in total. The highest BCUT2D eigenvalue weighted by Crippen LogP contribution is 2.31. The smallest absolute Gasteiger partial charge is 0.329 e. The van der Waals surface area contributed by atoms with Crippen LogP contribution in [0.25, 0.3) is 5.69 Å². The van der Waals surface area contributed by atoms with Crippen LogP contribution in [0, 0.1) is 13.8 Å². The van der Waals surface area contributed by atoms with Crippen LogP contribution in [0.4, 0.5) is 0 Å². The lowest BCUT2D eigenvalue weighted by Gasteiger charge is -2.31. The topological polar surface area (TPSA) is 75.4 Å². The average molecular weight is 327 g/mol. The highest BCUT2D eigenvalue weighted by atomic mass is 16.4. The molecule has 0 saturated carbocycles. The number of benzene rings is 1. The Morgan fingerprint density at radius 3 is 2.42 bits per heavy atom. The maximum absolute atomic E-state index is 12.7. The molecule has 2 aromatic rings. The van der Waals surface area contributed by atoms with Crippen molar-refractivity contribution in [3.05, 3.63) is 47.3 Å². The number of carbonyl (C=O) groups is 2. The summed E-state index contributed by atoms with van der Waals surface area (Å²) in [7, 11) is 0. The maximum atomic E-state index is 12.7. The van der Waals surface area contributed by atoms with Gasteiger partial charge in [0.1, 0.15) is 5.54 Å². The van der Waals surface area contributed by atoms with Gasteiger partial charge in [-0.1, -0.05) is 0 Å². The zero-order chi connectivity index (χ0) is 17.5. The molecule has 1 amide bonds. The fraction of sp³-hybridized carbons (Fsp3) is 0.389. The first-order valence-corrected chi connectivity index (χ1v) is 8.02. The van der Waals surface area contributed by atoms with Crippen LogP contribution in [0.3, 0.4) is 0 Å². The molecule has 6 heteroatoms. The highest BCUT2D eigenvalue weighted by Gasteiger charge is 2.46. The van der Waals surface area contributed by atoms with E-state index in [9.17, 15) is 14.7 Å². The van der Waals surface area contributed by atoms with Gasteiger partial charge in [-0.3, -0.25) is 4.79 Å². The summed E-state index contributed by atoms with van der Waals surface area (Å²) >= 11 is 0. The Morgan fingerprint density at radius 1 is 1.21 bits per heavy atom. The van der Waals surface area contributed by atoms with Gasteiger partial charge in [-0.05, 0) is 63.9 Å². The van der Waals surface area contributed by atoms with Gasteiger partial charge >= 0.3 is 5.97 Å². The van der Waals surface area contributed by atoms with Crippen LogP contribution >= 0.6 is 0 Å². The third-order valence-electron chi connectivity index (χ3n) is 4.72. The van der Waals surface area contributed by atoms with E-state index in [1.54, 1.807) is 19.1 Å². The van der Waals surface area contributed by atoms with Crippen molar-refractivity contribution in [3.8, 4) is 5.69 Å². The fourth-order valence-electron chi connectivity index (χ4n) is 3.30. The van der Waals surface area contributed by atoms with E-state index in [2.05, 4.69) is 5.10 Å². The van der Waals surface area contributed by atoms with E-state index in [1.165, 1.54) is 4.90 Å². The number of aliphatic carboxylic acids is 1. The molecule has 0 aliphatic carbocycles. The average Bonchev–Trinajstić information content (AvgIpc) is 3.10. The molecule has 1 aliphatic rings. The number of carboxylic acid groups (broad SMARTS) is 1. The van der Waals surface area contributed by atoms with Crippen molar-refractivity contribution in [2.45, 2.75) is 39.2 Å². The minimum atomic E-state index is -1.12. The van der Waals surface area contributed by atoms with Gasteiger partial charge in [-0.15, -0.1) is 0 Å². The standard InChI is InChI=1S/C18H21N3O3/c1-12-11-13(2)21(19-12)15-7-5-14(6-8-15)16(22)20-10-4-9-18(20,3)17(23)24/h5-8,11H,4,9-10H2,1-3H3,(H,23,24).